The molecule has 90 valence electrons. The Morgan fingerprint density at radius 2 is 2.00 bits per heavy atom. The molecular formula is C13H21NO2. The van der Waals surface area contributed by atoms with E-state index in [-0.39, 0.29) is 23.1 Å². The van der Waals surface area contributed by atoms with Gasteiger partial charge in [0.2, 0.25) is 11.8 Å². The minimum absolute atomic E-state index is 0.00308. The molecule has 3 heteroatoms. The molecule has 1 aliphatic carbocycles. The van der Waals surface area contributed by atoms with Gasteiger partial charge in [-0.1, -0.05) is 20.8 Å². The minimum Gasteiger partial charge on any atom is -0.296 e. The first-order valence-corrected chi connectivity index (χ1v) is 6.32. The van der Waals surface area contributed by atoms with Crippen LogP contribution in [0.15, 0.2) is 0 Å². The maximum atomic E-state index is 11.8. The smallest absolute Gasteiger partial charge is 0.230 e. The molecule has 2 fully saturated rings. The van der Waals surface area contributed by atoms with Gasteiger partial charge in [-0.05, 0) is 36.5 Å². The molecule has 1 saturated heterocycles. The molecule has 0 aromatic rings. The molecule has 2 amide bonds. The average Bonchev–Trinajstić information content (AvgIpc) is 2.12. The lowest BCUT2D eigenvalue weighted by Gasteiger charge is -2.54. The second kappa shape index (κ2) is 3.86. The van der Waals surface area contributed by atoms with Gasteiger partial charge in [-0.3, -0.25) is 14.9 Å². The van der Waals surface area contributed by atoms with Gasteiger partial charge in [0.15, 0.2) is 0 Å². The number of piperidine rings is 1. The van der Waals surface area contributed by atoms with Gasteiger partial charge in [0.25, 0.3) is 0 Å². The molecule has 2 rings (SSSR count). The first kappa shape index (κ1) is 11.6. The van der Waals surface area contributed by atoms with E-state index in [2.05, 4.69) is 19.2 Å². The lowest BCUT2D eigenvalue weighted by Crippen LogP contribution is -2.57. The van der Waals surface area contributed by atoms with E-state index in [9.17, 15) is 9.59 Å². The van der Waals surface area contributed by atoms with E-state index in [1.54, 1.807) is 0 Å². The van der Waals surface area contributed by atoms with E-state index in [0.29, 0.717) is 18.3 Å². The van der Waals surface area contributed by atoms with Crippen molar-refractivity contribution in [1.29, 1.82) is 0 Å². The third-order valence-electron chi connectivity index (χ3n) is 4.52. The van der Waals surface area contributed by atoms with E-state index in [4.69, 9.17) is 0 Å². The van der Waals surface area contributed by atoms with Crippen LogP contribution in [-0.2, 0) is 9.59 Å². The quantitative estimate of drug-likeness (QED) is 0.729. The molecule has 0 radical (unpaired) electrons. The molecule has 0 aromatic carbocycles. The van der Waals surface area contributed by atoms with E-state index < -0.39 is 0 Å². The highest BCUT2D eigenvalue weighted by Crippen LogP contribution is 2.57. The second-order valence-electron chi connectivity index (χ2n) is 5.82. The van der Waals surface area contributed by atoms with E-state index >= 15 is 0 Å². The number of rotatable bonds is 2. The summed E-state index contributed by atoms with van der Waals surface area (Å²) in [4.78, 5) is 23.3. The average molecular weight is 223 g/mol. The molecule has 16 heavy (non-hydrogen) atoms. The van der Waals surface area contributed by atoms with Crippen molar-refractivity contribution in [3.05, 3.63) is 0 Å². The summed E-state index contributed by atoms with van der Waals surface area (Å²) in [6.07, 6.45) is 3.52. The summed E-state index contributed by atoms with van der Waals surface area (Å²) < 4.78 is 0. The van der Waals surface area contributed by atoms with Crippen molar-refractivity contribution in [2.45, 2.75) is 46.5 Å². The molecule has 0 bridgehead atoms. The third kappa shape index (κ3) is 1.66. The van der Waals surface area contributed by atoms with Crippen LogP contribution in [0.25, 0.3) is 0 Å². The van der Waals surface area contributed by atoms with Gasteiger partial charge in [0.05, 0.1) is 0 Å². The predicted molar refractivity (Wildman–Crippen MR) is 61.5 cm³/mol. The number of imide groups is 1. The van der Waals surface area contributed by atoms with Crippen LogP contribution < -0.4 is 5.32 Å². The van der Waals surface area contributed by atoms with Crippen molar-refractivity contribution in [1.82, 2.24) is 5.32 Å². The number of carbonyl (C=O) groups excluding carboxylic acids is 2. The normalized spacial score (nSPS) is 38.8. The monoisotopic (exact) mass is 223 g/mol. The molecule has 1 atom stereocenters. The Balaban J connectivity index is 2.13. The summed E-state index contributed by atoms with van der Waals surface area (Å²) in [5, 5.41) is 2.47. The SMILES string of the molecule is CCC1C(=O)NC(=O)CC12CC(C(C)C)C2. The van der Waals surface area contributed by atoms with Crippen molar-refractivity contribution >= 4 is 11.8 Å². The Kier molecular flexibility index (Phi) is 2.81. The summed E-state index contributed by atoms with van der Waals surface area (Å²) in [5.74, 6) is 1.31. The van der Waals surface area contributed by atoms with Crippen LogP contribution >= 0.6 is 0 Å². The van der Waals surface area contributed by atoms with Crippen LogP contribution in [0.2, 0.25) is 0 Å². The fourth-order valence-electron chi connectivity index (χ4n) is 3.49. The molecule has 3 nitrogen and oxygen atoms in total. The lowest BCUT2D eigenvalue weighted by atomic mass is 9.50. The largest absolute Gasteiger partial charge is 0.296 e. The third-order valence-corrected chi connectivity index (χ3v) is 4.52. The summed E-state index contributed by atoms with van der Waals surface area (Å²) >= 11 is 0. The molecule has 1 spiro atoms. The van der Waals surface area contributed by atoms with Crippen molar-refractivity contribution in [3.63, 3.8) is 0 Å². The summed E-state index contributed by atoms with van der Waals surface area (Å²) in [6.45, 7) is 6.50. The molecule has 1 unspecified atom stereocenters. The van der Waals surface area contributed by atoms with Crippen molar-refractivity contribution in [2.24, 2.45) is 23.2 Å². The Labute approximate surface area is 97.0 Å². The number of nitrogens with one attached hydrogen (secondary N) is 1. The fourth-order valence-corrected chi connectivity index (χ4v) is 3.49. The summed E-state index contributed by atoms with van der Waals surface area (Å²) in [5.41, 5.74) is 0.00308. The maximum absolute atomic E-state index is 11.8. The van der Waals surface area contributed by atoms with Crippen molar-refractivity contribution in [2.75, 3.05) is 0 Å². The van der Waals surface area contributed by atoms with E-state index in [0.717, 1.165) is 19.3 Å². The molecular weight excluding hydrogens is 202 g/mol. The highest BCUT2D eigenvalue weighted by Gasteiger charge is 2.55. The second-order valence-corrected chi connectivity index (χ2v) is 5.82. The molecule has 0 aromatic heterocycles. The van der Waals surface area contributed by atoms with Gasteiger partial charge in [-0.25, -0.2) is 0 Å². The Morgan fingerprint density at radius 1 is 1.38 bits per heavy atom. The van der Waals surface area contributed by atoms with Crippen molar-refractivity contribution in [3.8, 4) is 0 Å². The Morgan fingerprint density at radius 3 is 2.50 bits per heavy atom. The first-order valence-electron chi connectivity index (χ1n) is 6.32. The van der Waals surface area contributed by atoms with E-state index in [1.165, 1.54) is 0 Å². The maximum Gasteiger partial charge on any atom is 0.230 e. The van der Waals surface area contributed by atoms with Crippen LogP contribution in [0, 0.1) is 23.2 Å². The van der Waals surface area contributed by atoms with Crippen LogP contribution in [-0.4, -0.2) is 11.8 Å². The fraction of sp³-hybridized carbons (Fsp3) is 0.846. The van der Waals surface area contributed by atoms with Gasteiger partial charge in [-0.2, -0.15) is 0 Å². The Hall–Kier alpha value is -0.860. The van der Waals surface area contributed by atoms with Crippen LogP contribution in [0.3, 0.4) is 0 Å². The molecule has 1 heterocycles. The summed E-state index contributed by atoms with van der Waals surface area (Å²) in [6, 6.07) is 0. The first-order chi connectivity index (χ1) is 7.48. The molecule has 1 N–H and O–H groups in total. The number of amides is 2. The van der Waals surface area contributed by atoms with Gasteiger partial charge in [0.1, 0.15) is 0 Å². The zero-order valence-corrected chi connectivity index (χ0v) is 10.4. The minimum atomic E-state index is -0.0723. The molecule has 2 aliphatic rings. The van der Waals surface area contributed by atoms with Crippen molar-refractivity contribution < 1.29 is 9.59 Å². The van der Waals surface area contributed by atoms with Gasteiger partial charge >= 0.3 is 0 Å². The molecule has 1 aliphatic heterocycles. The molecule has 1 saturated carbocycles. The van der Waals surface area contributed by atoms with Gasteiger partial charge in [0, 0.05) is 12.3 Å². The van der Waals surface area contributed by atoms with Crippen LogP contribution in [0.4, 0.5) is 0 Å². The predicted octanol–water partition coefficient (Wildman–Crippen LogP) is 2.11. The standard InChI is InChI=1S/C13H21NO2/c1-4-10-12(16)14-11(15)7-13(10)5-9(6-13)8(2)3/h8-10H,4-7H2,1-3H3,(H,14,15,16). The highest BCUT2D eigenvalue weighted by molar-refractivity contribution is 5.99. The zero-order chi connectivity index (χ0) is 11.9. The van der Waals surface area contributed by atoms with E-state index in [1.807, 2.05) is 6.92 Å². The number of carbonyl (C=O) groups is 2. The van der Waals surface area contributed by atoms with Gasteiger partial charge in [-0.15, -0.1) is 0 Å². The van der Waals surface area contributed by atoms with Gasteiger partial charge < -0.3 is 0 Å². The highest BCUT2D eigenvalue weighted by atomic mass is 16.2. The topological polar surface area (TPSA) is 46.2 Å². The zero-order valence-electron chi connectivity index (χ0n) is 10.4. The van der Waals surface area contributed by atoms with Crippen LogP contribution in [0.5, 0.6) is 0 Å². The van der Waals surface area contributed by atoms with Crippen LogP contribution in [0.1, 0.15) is 46.5 Å². The number of hydrogen-bond donors (Lipinski definition) is 1. The lowest BCUT2D eigenvalue weighted by molar-refractivity contribution is -0.153. The summed E-state index contributed by atoms with van der Waals surface area (Å²) in [7, 11) is 0. The Bertz CT molecular complexity index is 316. The number of hydrogen-bond acceptors (Lipinski definition) is 2.